The summed E-state index contributed by atoms with van der Waals surface area (Å²) in [5, 5.41) is 12.4. The number of aromatic nitrogens is 3. The van der Waals surface area contributed by atoms with Gasteiger partial charge in [0.1, 0.15) is 0 Å². The number of nitrogens with zero attached hydrogens (tertiary/aromatic N) is 4. The second kappa shape index (κ2) is 12.7. The zero-order chi connectivity index (χ0) is 34.1. The van der Waals surface area contributed by atoms with Crippen molar-refractivity contribution in [3.8, 4) is 67.9 Å². The van der Waals surface area contributed by atoms with Crippen LogP contribution in [0.15, 0.2) is 182 Å². The van der Waals surface area contributed by atoms with E-state index in [2.05, 4.69) is 120 Å². The molecule has 0 amide bonds. The first-order valence-electron chi connectivity index (χ1n) is 17.0. The molecule has 0 atom stereocenters. The number of benzene rings is 7. The molecule has 0 radical (unpaired) electrons. The minimum Gasteiger partial charge on any atom is -0.308 e. The first kappa shape index (κ1) is 30.0. The monoisotopic (exact) mass is 650 g/mol. The van der Waals surface area contributed by atoms with E-state index in [4.69, 9.17) is 9.97 Å². The zero-order valence-corrected chi connectivity index (χ0v) is 27.6. The molecule has 7 aromatic carbocycles. The van der Waals surface area contributed by atoms with E-state index in [0.29, 0.717) is 11.4 Å². The SMILES string of the molecule is N#Cc1ccc(-c2nc(-c3ccccc3)cc(-c3ccccc3)n2)c(-n2c3ccc(-c4ccccc4)cc3c3cc(-c4ccccc4)ccc32)c1. The van der Waals surface area contributed by atoms with Gasteiger partial charge in [-0.25, -0.2) is 9.97 Å². The molecule has 0 bridgehead atoms. The highest BCUT2D eigenvalue weighted by Crippen LogP contribution is 2.40. The van der Waals surface area contributed by atoms with Crippen LogP contribution >= 0.6 is 0 Å². The highest BCUT2D eigenvalue weighted by atomic mass is 15.0. The predicted octanol–water partition coefficient (Wildman–Crippen LogP) is 11.8. The maximum Gasteiger partial charge on any atom is 0.162 e. The van der Waals surface area contributed by atoms with Crippen LogP contribution in [0.4, 0.5) is 0 Å². The Kier molecular flexibility index (Phi) is 7.50. The van der Waals surface area contributed by atoms with E-state index in [1.54, 1.807) is 0 Å². The lowest BCUT2D eigenvalue weighted by atomic mass is 10.0. The molecular formula is C47H30N4. The van der Waals surface area contributed by atoms with Crippen LogP contribution in [-0.4, -0.2) is 14.5 Å². The summed E-state index contributed by atoms with van der Waals surface area (Å²) in [6, 6.07) is 64.9. The highest BCUT2D eigenvalue weighted by Gasteiger charge is 2.20. The Morgan fingerprint density at radius 1 is 0.412 bits per heavy atom. The second-order valence-electron chi connectivity index (χ2n) is 12.6. The van der Waals surface area contributed by atoms with E-state index < -0.39 is 0 Å². The quantitative estimate of drug-likeness (QED) is 0.180. The van der Waals surface area contributed by atoms with Gasteiger partial charge in [-0.15, -0.1) is 0 Å². The summed E-state index contributed by atoms with van der Waals surface area (Å²) in [6.07, 6.45) is 0. The summed E-state index contributed by atoms with van der Waals surface area (Å²) in [7, 11) is 0. The average molecular weight is 651 g/mol. The molecule has 0 aliphatic heterocycles. The number of hydrogen-bond acceptors (Lipinski definition) is 3. The third-order valence-corrected chi connectivity index (χ3v) is 9.45. The van der Waals surface area contributed by atoms with Crippen LogP contribution in [0, 0.1) is 11.3 Å². The number of rotatable bonds is 6. The van der Waals surface area contributed by atoms with Gasteiger partial charge in [-0.3, -0.25) is 0 Å². The fourth-order valence-corrected chi connectivity index (χ4v) is 6.96. The van der Waals surface area contributed by atoms with Gasteiger partial charge in [0.25, 0.3) is 0 Å². The average Bonchev–Trinajstić information content (AvgIpc) is 3.54. The van der Waals surface area contributed by atoms with Crippen LogP contribution in [0.5, 0.6) is 0 Å². The molecule has 0 aliphatic rings. The molecule has 9 rings (SSSR count). The van der Waals surface area contributed by atoms with Crippen LogP contribution < -0.4 is 0 Å². The molecular weight excluding hydrogens is 621 g/mol. The molecule has 0 spiro atoms. The molecule has 0 fully saturated rings. The molecule has 2 aromatic heterocycles. The van der Waals surface area contributed by atoms with Crippen molar-refractivity contribution >= 4 is 21.8 Å². The fraction of sp³-hybridized carbons (Fsp3) is 0. The maximum absolute atomic E-state index is 10.2. The van der Waals surface area contributed by atoms with Gasteiger partial charge in [-0.1, -0.05) is 133 Å². The van der Waals surface area contributed by atoms with Crippen LogP contribution in [0.3, 0.4) is 0 Å². The summed E-state index contributed by atoms with van der Waals surface area (Å²) in [4.78, 5) is 10.4. The van der Waals surface area contributed by atoms with E-state index in [-0.39, 0.29) is 0 Å². The topological polar surface area (TPSA) is 54.5 Å². The van der Waals surface area contributed by atoms with Gasteiger partial charge in [0.2, 0.25) is 0 Å². The van der Waals surface area contributed by atoms with Gasteiger partial charge in [-0.05, 0) is 70.8 Å². The first-order valence-corrected chi connectivity index (χ1v) is 17.0. The van der Waals surface area contributed by atoms with Crippen LogP contribution in [0.2, 0.25) is 0 Å². The Morgan fingerprint density at radius 2 is 0.863 bits per heavy atom. The van der Waals surface area contributed by atoms with Gasteiger partial charge in [-0.2, -0.15) is 5.26 Å². The fourth-order valence-electron chi connectivity index (χ4n) is 6.96. The van der Waals surface area contributed by atoms with Crippen LogP contribution in [0.1, 0.15) is 5.56 Å². The molecule has 238 valence electrons. The lowest BCUT2D eigenvalue weighted by molar-refractivity contribution is 1.14. The minimum absolute atomic E-state index is 0.563. The third-order valence-electron chi connectivity index (χ3n) is 9.45. The van der Waals surface area contributed by atoms with Crippen molar-refractivity contribution in [2.75, 3.05) is 0 Å². The Balaban J connectivity index is 1.33. The zero-order valence-electron chi connectivity index (χ0n) is 27.6. The van der Waals surface area contributed by atoms with Gasteiger partial charge in [0.05, 0.1) is 39.7 Å². The smallest absolute Gasteiger partial charge is 0.162 e. The predicted molar refractivity (Wildman–Crippen MR) is 208 cm³/mol. The lowest BCUT2D eigenvalue weighted by Gasteiger charge is -2.16. The summed E-state index contributed by atoms with van der Waals surface area (Å²) in [6.45, 7) is 0. The van der Waals surface area contributed by atoms with Gasteiger partial charge < -0.3 is 4.57 Å². The Hall–Kier alpha value is -7.09. The summed E-state index contributed by atoms with van der Waals surface area (Å²) >= 11 is 0. The molecule has 9 aromatic rings. The molecule has 4 heteroatoms. The third kappa shape index (κ3) is 5.53. The normalized spacial score (nSPS) is 11.1. The number of nitriles is 1. The van der Waals surface area contributed by atoms with E-state index in [0.717, 1.165) is 77.8 Å². The molecule has 2 heterocycles. The molecule has 0 saturated heterocycles. The molecule has 4 nitrogen and oxygen atoms in total. The number of hydrogen-bond donors (Lipinski definition) is 0. The Labute approximate surface area is 296 Å². The van der Waals surface area contributed by atoms with Crippen molar-refractivity contribution in [3.63, 3.8) is 0 Å². The molecule has 0 aliphatic carbocycles. The highest BCUT2D eigenvalue weighted by molar-refractivity contribution is 6.12. The molecule has 0 saturated carbocycles. The van der Waals surface area contributed by atoms with Crippen molar-refractivity contribution in [2.24, 2.45) is 0 Å². The molecule has 0 unspecified atom stereocenters. The Morgan fingerprint density at radius 3 is 1.31 bits per heavy atom. The maximum atomic E-state index is 10.2. The van der Waals surface area contributed by atoms with Gasteiger partial charge in [0, 0.05) is 27.5 Å². The van der Waals surface area contributed by atoms with E-state index >= 15 is 0 Å². The van der Waals surface area contributed by atoms with Crippen LogP contribution in [-0.2, 0) is 0 Å². The molecule has 0 N–H and O–H groups in total. The van der Waals surface area contributed by atoms with Crippen molar-refractivity contribution in [1.82, 2.24) is 14.5 Å². The Bertz CT molecular complexity index is 2570. The van der Waals surface area contributed by atoms with Gasteiger partial charge in [0.15, 0.2) is 5.82 Å². The van der Waals surface area contributed by atoms with Crippen molar-refractivity contribution < 1.29 is 0 Å². The van der Waals surface area contributed by atoms with E-state index in [9.17, 15) is 5.26 Å². The lowest BCUT2D eigenvalue weighted by Crippen LogP contribution is -2.02. The summed E-state index contributed by atoms with van der Waals surface area (Å²) < 4.78 is 2.27. The molecule has 51 heavy (non-hydrogen) atoms. The first-order chi connectivity index (χ1) is 25.2. The van der Waals surface area contributed by atoms with Crippen molar-refractivity contribution in [3.05, 3.63) is 188 Å². The largest absolute Gasteiger partial charge is 0.308 e. The second-order valence-corrected chi connectivity index (χ2v) is 12.6. The number of fused-ring (bicyclic) bond motifs is 3. The van der Waals surface area contributed by atoms with E-state index in [1.807, 2.05) is 72.8 Å². The summed E-state index contributed by atoms with van der Waals surface area (Å²) in [5.74, 6) is 0.589. The van der Waals surface area contributed by atoms with Crippen molar-refractivity contribution in [1.29, 1.82) is 5.26 Å². The van der Waals surface area contributed by atoms with Gasteiger partial charge >= 0.3 is 0 Å². The van der Waals surface area contributed by atoms with Crippen LogP contribution in [0.25, 0.3) is 83.6 Å². The summed E-state index contributed by atoms with van der Waals surface area (Å²) in [5.41, 5.74) is 12.6. The minimum atomic E-state index is 0.563. The van der Waals surface area contributed by atoms with Crippen molar-refractivity contribution in [2.45, 2.75) is 0 Å². The van der Waals surface area contributed by atoms with E-state index in [1.165, 1.54) is 0 Å². The standard InChI is InChI=1S/C47H30N4/c48-31-32-21-24-39(47-49-42(35-17-9-3-10-18-35)30-43(50-47)36-19-11-4-12-20-36)46(27-32)51-44-25-22-37(33-13-5-1-6-14-33)28-40(44)41-29-38(23-26-45(41)51)34-15-7-2-8-16-34/h1-30H.